The highest BCUT2D eigenvalue weighted by Gasteiger charge is 2.24. The third-order valence-corrected chi connectivity index (χ3v) is 2.77. The first-order valence-electron chi connectivity index (χ1n) is 5.79. The molecule has 1 heterocycles. The van der Waals surface area contributed by atoms with Crippen LogP contribution < -0.4 is 5.32 Å². The molecule has 0 radical (unpaired) electrons. The Morgan fingerprint density at radius 2 is 2.25 bits per heavy atom. The number of nitrogens with one attached hydrogen (secondary N) is 2. The molecule has 1 amide bonds. The average Bonchev–Trinajstić information content (AvgIpc) is 2.91. The predicted octanol–water partition coefficient (Wildman–Crippen LogP) is 0.907. The summed E-state index contributed by atoms with van der Waals surface area (Å²) in [4.78, 5) is 22.6. The molecule has 1 aromatic carbocycles. The summed E-state index contributed by atoms with van der Waals surface area (Å²) in [7, 11) is 0. The van der Waals surface area contributed by atoms with Crippen LogP contribution in [0.3, 0.4) is 0 Å². The first-order valence-corrected chi connectivity index (χ1v) is 5.79. The molecule has 0 saturated heterocycles. The minimum absolute atomic E-state index is 0.0350. The Kier molecular flexibility index (Phi) is 3.69. The third-order valence-electron chi connectivity index (χ3n) is 2.77. The molecule has 0 fully saturated rings. The standard InChI is InChI=1S/C11H12N6O3/c1-6-4-3-5-8(17(19)20)9(6)11(18)12-7(2)10-13-15-16-14-10/h3-5,7H,1-2H3,(H,12,18)(H,13,14,15,16). The van der Waals surface area contributed by atoms with Crippen molar-refractivity contribution in [2.45, 2.75) is 19.9 Å². The van der Waals surface area contributed by atoms with Gasteiger partial charge in [0.05, 0.1) is 11.0 Å². The van der Waals surface area contributed by atoms with Gasteiger partial charge in [0.15, 0.2) is 5.82 Å². The number of nitro benzene ring substituents is 1. The van der Waals surface area contributed by atoms with Crippen LogP contribution in [0.2, 0.25) is 0 Å². The molecule has 104 valence electrons. The van der Waals surface area contributed by atoms with E-state index >= 15 is 0 Å². The number of H-pyrrole nitrogens is 1. The van der Waals surface area contributed by atoms with Crippen molar-refractivity contribution in [1.82, 2.24) is 25.9 Å². The second-order valence-corrected chi connectivity index (χ2v) is 4.19. The van der Waals surface area contributed by atoms with Crippen LogP contribution in [-0.4, -0.2) is 31.5 Å². The van der Waals surface area contributed by atoms with E-state index < -0.39 is 16.9 Å². The maximum absolute atomic E-state index is 12.2. The Morgan fingerprint density at radius 3 is 2.85 bits per heavy atom. The number of aromatic nitrogens is 4. The molecule has 0 saturated carbocycles. The fourth-order valence-corrected chi connectivity index (χ4v) is 1.79. The first-order chi connectivity index (χ1) is 9.50. The van der Waals surface area contributed by atoms with Gasteiger partial charge >= 0.3 is 0 Å². The number of amides is 1. The zero-order chi connectivity index (χ0) is 14.7. The molecule has 1 unspecified atom stereocenters. The highest BCUT2D eigenvalue weighted by molar-refractivity contribution is 5.99. The maximum Gasteiger partial charge on any atom is 0.282 e. The van der Waals surface area contributed by atoms with E-state index in [9.17, 15) is 14.9 Å². The van der Waals surface area contributed by atoms with Crippen LogP contribution in [0.1, 0.15) is 34.7 Å². The minimum atomic E-state index is -0.582. The fourth-order valence-electron chi connectivity index (χ4n) is 1.79. The van der Waals surface area contributed by atoms with Crippen LogP contribution in [-0.2, 0) is 0 Å². The smallest absolute Gasteiger partial charge is 0.282 e. The van der Waals surface area contributed by atoms with E-state index in [4.69, 9.17) is 0 Å². The number of nitrogens with zero attached hydrogens (tertiary/aromatic N) is 4. The lowest BCUT2D eigenvalue weighted by atomic mass is 10.1. The molecule has 0 spiro atoms. The molecular weight excluding hydrogens is 264 g/mol. The number of hydrogen-bond donors (Lipinski definition) is 2. The Balaban J connectivity index is 2.28. The van der Waals surface area contributed by atoms with Gasteiger partial charge < -0.3 is 5.32 Å². The van der Waals surface area contributed by atoms with E-state index in [1.807, 2.05) is 0 Å². The Hall–Kier alpha value is -2.84. The number of tetrazole rings is 1. The number of carbonyl (C=O) groups is 1. The largest absolute Gasteiger partial charge is 0.342 e. The van der Waals surface area contributed by atoms with Crippen molar-refractivity contribution in [3.8, 4) is 0 Å². The Labute approximate surface area is 113 Å². The quantitative estimate of drug-likeness (QED) is 0.631. The van der Waals surface area contributed by atoms with Crippen LogP contribution in [0, 0.1) is 17.0 Å². The molecule has 9 heteroatoms. The van der Waals surface area contributed by atoms with E-state index in [-0.39, 0.29) is 11.3 Å². The summed E-state index contributed by atoms with van der Waals surface area (Å²) in [6.45, 7) is 3.30. The van der Waals surface area contributed by atoms with Crippen molar-refractivity contribution < 1.29 is 9.72 Å². The number of nitro groups is 1. The van der Waals surface area contributed by atoms with Gasteiger partial charge in [0, 0.05) is 6.07 Å². The second kappa shape index (κ2) is 5.43. The monoisotopic (exact) mass is 276 g/mol. The highest BCUT2D eigenvalue weighted by Crippen LogP contribution is 2.22. The number of aryl methyl sites for hydroxylation is 1. The van der Waals surface area contributed by atoms with Gasteiger partial charge in [-0.3, -0.25) is 14.9 Å². The lowest BCUT2D eigenvalue weighted by Gasteiger charge is -2.11. The summed E-state index contributed by atoms with van der Waals surface area (Å²) in [5.74, 6) is -0.248. The van der Waals surface area contributed by atoms with Crippen molar-refractivity contribution in [1.29, 1.82) is 0 Å². The number of rotatable bonds is 4. The van der Waals surface area contributed by atoms with Gasteiger partial charge in [0.2, 0.25) is 0 Å². The van der Waals surface area contributed by atoms with E-state index in [1.165, 1.54) is 12.1 Å². The van der Waals surface area contributed by atoms with Gasteiger partial charge in [-0.2, -0.15) is 5.21 Å². The summed E-state index contributed by atoms with van der Waals surface area (Å²) in [5, 5.41) is 26.7. The normalized spacial score (nSPS) is 11.9. The molecular formula is C11H12N6O3. The van der Waals surface area contributed by atoms with E-state index in [0.29, 0.717) is 11.4 Å². The van der Waals surface area contributed by atoms with Crippen LogP contribution in [0.4, 0.5) is 5.69 Å². The van der Waals surface area contributed by atoms with E-state index in [0.717, 1.165) is 0 Å². The van der Waals surface area contributed by atoms with Crippen molar-refractivity contribution in [2.24, 2.45) is 0 Å². The molecule has 2 N–H and O–H groups in total. The molecule has 0 aliphatic carbocycles. The van der Waals surface area contributed by atoms with Crippen molar-refractivity contribution in [3.63, 3.8) is 0 Å². The highest BCUT2D eigenvalue weighted by atomic mass is 16.6. The fraction of sp³-hybridized carbons (Fsp3) is 0.273. The third kappa shape index (κ3) is 2.60. The molecule has 1 aromatic heterocycles. The zero-order valence-electron chi connectivity index (χ0n) is 10.8. The van der Waals surface area contributed by atoms with Crippen molar-refractivity contribution in [3.05, 3.63) is 45.3 Å². The Morgan fingerprint density at radius 1 is 1.50 bits per heavy atom. The van der Waals surface area contributed by atoms with Crippen LogP contribution in [0.25, 0.3) is 0 Å². The van der Waals surface area contributed by atoms with E-state index in [1.54, 1.807) is 19.9 Å². The Bertz CT molecular complexity index is 640. The lowest BCUT2D eigenvalue weighted by Crippen LogP contribution is -2.28. The summed E-state index contributed by atoms with van der Waals surface area (Å²) < 4.78 is 0. The maximum atomic E-state index is 12.2. The molecule has 2 aromatic rings. The number of hydrogen-bond acceptors (Lipinski definition) is 6. The zero-order valence-corrected chi connectivity index (χ0v) is 10.8. The van der Waals surface area contributed by atoms with Gasteiger partial charge in [-0.15, -0.1) is 10.2 Å². The van der Waals surface area contributed by atoms with Gasteiger partial charge in [-0.1, -0.05) is 17.3 Å². The van der Waals surface area contributed by atoms with Crippen LogP contribution in [0.5, 0.6) is 0 Å². The van der Waals surface area contributed by atoms with Crippen molar-refractivity contribution in [2.75, 3.05) is 0 Å². The van der Waals surface area contributed by atoms with E-state index in [2.05, 4.69) is 25.9 Å². The summed E-state index contributed by atoms with van der Waals surface area (Å²) >= 11 is 0. The van der Waals surface area contributed by atoms with Crippen LogP contribution in [0.15, 0.2) is 18.2 Å². The lowest BCUT2D eigenvalue weighted by molar-refractivity contribution is -0.385. The first kappa shape index (κ1) is 13.6. The van der Waals surface area contributed by atoms with Gasteiger partial charge in [-0.25, -0.2) is 0 Å². The molecule has 0 aliphatic rings. The van der Waals surface area contributed by atoms with Gasteiger partial charge in [-0.05, 0) is 19.4 Å². The molecule has 20 heavy (non-hydrogen) atoms. The minimum Gasteiger partial charge on any atom is -0.342 e. The molecule has 2 rings (SSSR count). The average molecular weight is 276 g/mol. The van der Waals surface area contributed by atoms with Gasteiger partial charge in [0.1, 0.15) is 5.56 Å². The summed E-state index contributed by atoms with van der Waals surface area (Å²) in [5.41, 5.74) is 0.327. The van der Waals surface area contributed by atoms with Gasteiger partial charge in [0.25, 0.3) is 11.6 Å². The molecule has 0 aliphatic heterocycles. The van der Waals surface area contributed by atoms with Crippen LogP contribution >= 0.6 is 0 Å². The summed E-state index contributed by atoms with van der Waals surface area (Å²) in [6, 6.07) is 3.95. The predicted molar refractivity (Wildman–Crippen MR) is 67.9 cm³/mol. The second-order valence-electron chi connectivity index (χ2n) is 4.19. The van der Waals surface area contributed by atoms with Crippen molar-refractivity contribution >= 4 is 11.6 Å². The molecule has 9 nitrogen and oxygen atoms in total. The SMILES string of the molecule is Cc1cccc([N+](=O)[O-])c1C(=O)NC(C)c1nn[nH]n1. The molecule has 0 bridgehead atoms. The number of aromatic amines is 1. The number of benzene rings is 1. The number of carbonyl (C=O) groups excluding carboxylic acids is 1. The topological polar surface area (TPSA) is 127 Å². The summed E-state index contributed by atoms with van der Waals surface area (Å²) in [6.07, 6.45) is 0. The molecule has 1 atom stereocenters.